The van der Waals surface area contributed by atoms with Crippen molar-refractivity contribution in [2.45, 2.75) is 19.4 Å². The third kappa shape index (κ3) is 2.70. The van der Waals surface area contributed by atoms with Gasteiger partial charge in [0.2, 0.25) is 0 Å². The Morgan fingerprint density at radius 1 is 1.56 bits per heavy atom. The average molecular weight is 219 g/mol. The fourth-order valence-electron chi connectivity index (χ4n) is 1.65. The van der Waals surface area contributed by atoms with Gasteiger partial charge in [0.1, 0.15) is 0 Å². The second-order valence-electron chi connectivity index (χ2n) is 3.96. The van der Waals surface area contributed by atoms with Crippen LogP contribution in [0.2, 0.25) is 0 Å². The first kappa shape index (κ1) is 10.9. The summed E-state index contributed by atoms with van der Waals surface area (Å²) in [5.74, 6) is 0. The molecule has 2 rings (SSSR count). The number of hydrogen-bond donors (Lipinski definition) is 2. The van der Waals surface area contributed by atoms with Crippen LogP contribution in [0, 0.1) is 0 Å². The molecule has 0 saturated heterocycles. The fraction of sp³-hybridized carbons (Fsp3) is 0.455. The number of nitrogens with one attached hydrogen (secondary N) is 2. The van der Waals surface area contributed by atoms with Crippen LogP contribution >= 0.6 is 0 Å². The molecule has 0 aliphatic rings. The van der Waals surface area contributed by atoms with Crippen LogP contribution in [-0.4, -0.2) is 26.5 Å². The third-order valence-electron chi connectivity index (χ3n) is 2.61. The lowest BCUT2D eigenvalue weighted by Gasteiger charge is -2.10. The van der Waals surface area contributed by atoms with Crippen LogP contribution < -0.4 is 5.32 Å². The van der Waals surface area contributed by atoms with E-state index < -0.39 is 0 Å². The molecule has 0 saturated carbocycles. The van der Waals surface area contributed by atoms with E-state index >= 15 is 0 Å². The number of nitrogens with zero attached hydrogens (tertiary/aromatic N) is 3. The van der Waals surface area contributed by atoms with Crippen molar-refractivity contribution < 1.29 is 0 Å². The van der Waals surface area contributed by atoms with Crippen LogP contribution in [0.5, 0.6) is 0 Å². The van der Waals surface area contributed by atoms with Gasteiger partial charge in [0.05, 0.1) is 11.9 Å². The average Bonchev–Trinajstić information content (AvgIpc) is 2.89. The van der Waals surface area contributed by atoms with Gasteiger partial charge in [-0.2, -0.15) is 10.2 Å². The van der Waals surface area contributed by atoms with Gasteiger partial charge < -0.3 is 5.32 Å². The highest BCUT2D eigenvalue weighted by Gasteiger charge is 2.05. The van der Waals surface area contributed by atoms with Crippen molar-refractivity contribution in [3.05, 3.63) is 35.9 Å². The zero-order valence-electron chi connectivity index (χ0n) is 9.64. The monoisotopic (exact) mass is 219 g/mol. The summed E-state index contributed by atoms with van der Waals surface area (Å²) in [5.41, 5.74) is 2.37. The van der Waals surface area contributed by atoms with Crippen molar-refractivity contribution in [2.24, 2.45) is 7.05 Å². The van der Waals surface area contributed by atoms with Crippen molar-refractivity contribution >= 4 is 0 Å². The third-order valence-corrected chi connectivity index (χ3v) is 2.61. The van der Waals surface area contributed by atoms with E-state index in [2.05, 4.69) is 27.5 Å². The second kappa shape index (κ2) is 4.94. The normalized spacial score (nSPS) is 12.9. The van der Waals surface area contributed by atoms with Crippen molar-refractivity contribution in [1.82, 2.24) is 25.3 Å². The zero-order chi connectivity index (χ0) is 11.4. The smallest absolute Gasteiger partial charge is 0.0522 e. The molecule has 16 heavy (non-hydrogen) atoms. The van der Waals surface area contributed by atoms with E-state index in [4.69, 9.17) is 0 Å². The molecule has 5 heteroatoms. The Balaban J connectivity index is 1.76. The minimum atomic E-state index is 0.305. The molecule has 2 aromatic heterocycles. The van der Waals surface area contributed by atoms with E-state index in [0.717, 1.165) is 18.7 Å². The summed E-state index contributed by atoms with van der Waals surface area (Å²) >= 11 is 0. The predicted molar refractivity (Wildman–Crippen MR) is 61.9 cm³/mol. The molecule has 0 aliphatic heterocycles. The summed E-state index contributed by atoms with van der Waals surface area (Å²) in [5, 5.41) is 14.5. The summed E-state index contributed by atoms with van der Waals surface area (Å²) in [6.07, 6.45) is 6.71. The van der Waals surface area contributed by atoms with E-state index in [1.165, 1.54) is 5.56 Å². The quantitative estimate of drug-likeness (QED) is 0.790. The van der Waals surface area contributed by atoms with Gasteiger partial charge >= 0.3 is 0 Å². The first-order valence-corrected chi connectivity index (χ1v) is 5.46. The van der Waals surface area contributed by atoms with E-state index in [1.807, 2.05) is 30.2 Å². The van der Waals surface area contributed by atoms with Crippen LogP contribution in [0.15, 0.2) is 24.7 Å². The molecule has 1 unspecified atom stereocenters. The Bertz CT molecular complexity index is 417. The molecule has 2 N–H and O–H groups in total. The zero-order valence-corrected chi connectivity index (χ0v) is 9.64. The molecule has 0 bridgehead atoms. The fourth-order valence-corrected chi connectivity index (χ4v) is 1.65. The maximum atomic E-state index is 4.14. The minimum absolute atomic E-state index is 0.305. The summed E-state index contributed by atoms with van der Waals surface area (Å²) in [7, 11) is 1.93. The topological polar surface area (TPSA) is 58.5 Å². The number of aromatic amines is 1. The number of hydrogen-bond acceptors (Lipinski definition) is 3. The van der Waals surface area contributed by atoms with Crippen molar-refractivity contribution in [3.8, 4) is 0 Å². The van der Waals surface area contributed by atoms with Crippen molar-refractivity contribution in [3.63, 3.8) is 0 Å². The molecule has 0 spiro atoms. The molecule has 0 amide bonds. The highest BCUT2D eigenvalue weighted by Crippen LogP contribution is 2.07. The van der Waals surface area contributed by atoms with Gasteiger partial charge in [-0.25, -0.2) is 0 Å². The van der Waals surface area contributed by atoms with Gasteiger partial charge in [-0.05, 0) is 31.5 Å². The van der Waals surface area contributed by atoms with Crippen LogP contribution in [0.3, 0.4) is 0 Å². The number of H-pyrrole nitrogens is 1. The Labute approximate surface area is 94.9 Å². The molecular formula is C11H17N5. The second-order valence-corrected chi connectivity index (χ2v) is 3.96. The molecule has 2 aromatic rings. The van der Waals surface area contributed by atoms with Crippen LogP contribution in [-0.2, 0) is 13.5 Å². The SMILES string of the molecule is CC(NCCc1cnn(C)c1)c1ccn[nH]1. The molecule has 0 fully saturated rings. The maximum absolute atomic E-state index is 4.14. The van der Waals surface area contributed by atoms with Gasteiger partial charge in [-0.15, -0.1) is 0 Å². The molecule has 0 aromatic carbocycles. The van der Waals surface area contributed by atoms with E-state index in [9.17, 15) is 0 Å². The number of rotatable bonds is 5. The minimum Gasteiger partial charge on any atom is -0.309 e. The van der Waals surface area contributed by atoms with Crippen molar-refractivity contribution in [1.29, 1.82) is 0 Å². The Hall–Kier alpha value is -1.62. The summed E-state index contributed by atoms with van der Waals surface area (Å²) < 4.78 is 1.83. The molecule has 5 nitrogen and oxygen atoms in total. The highest BCUT2D eigenvalue weighted by atomic mass is 15.2. The van der Waals surface area contributed by atoms with E-state index in [0.29, 0.717) is 6.04 Å². The standard InChI is InChI=1S/C11H17N5/c1-9(11-4-6-13-15-11)12-5-3-10-7-14-16(2)8-10/h4,6-9,12H,3,5H2,1-2H3,(H,13,15). The lowest BCUT2D eigenvalue weighted by atomic mass is 10.2. The largest absolute Gasteiger partial charge is 0.309 e. The van der Waals surface area contributed by atoms with Gasteiger partial charge in [-0.1, -0.05) is 0 Å². The highest BCUT2D eigenvalue weighted by molar-refractivity contribution is 5.05. The Morgan fingerprint density at radius 3 is 3.06 bits per heavy atom. The maximum Gasteiger partial charge on any atom is 0.0522 e. The summed E-state index contributed by atoms with van der Waals surface area (Å²) in [4.78, 5) is 0. The summed E-state index contributed by atoms with van der Waals surface area (Å²) in [6.45, 7) is 3.06. The number of aryl methyl sites for hydroxylation is 1. The van der Waals surface area contributed by atoms with Crippen molar-refractivity contribution in [2.75, 3.05) is 6.54 Å². The van der Waals surface area contributed by atoms with Gasteiger partial charge in [-0.3, -0.25) is 9.78 Å². The first-order chi connectivity index (χ1) is 7.75. The van der Waals surface area contributed by atoms with Crippen LogP contribution in [0.4, 0.5) is 0 Å². The van der Waals surface area contributed by atoms with Crippen LogP contribution in [0.1, 0.15) is 24.2 Å². The van der Waals surface area contributed by atoms with E-state index in [-0.39, 0.29) is 0 Å². The number of aromatic nitrogens is 4. The van der Waals surface area contributed by atoms with E-state index in [1.54, 1.807) is 6.20 Å². The van der Waals surface area contributed by atoms with Gasteiger partial charge in [0, 0.05) is 25.5 Å². The lowest BCUT2D eigenvalue weighted by molar-refractivity contribution is 0.563. The predicted octanol–water partition coefficient (Wildman–Crippen LogP) is 1.04. The molecule has 2 heterocycles. The van der Waals surface area contributed by atoms with Gasteiger partial charge in [0.15, 0.2) is 0 Å². The van der Waals surface area contributed by atoms with Crippen LogP contribution in [0.25, 0.3) is 0 Å². The Morgan fingerprint density at radius 2 is 2.44 bits per heavy atom. The molecule has 0 radical (unpaired) electrons. The first-order valence-electron chi connectivity index (χ1n) is 5.46. The molecule has 86 valence electrons. The van der Waals surface area contributed by atoms with Gasteiger partial charge in [0.25, 0.3) is 0 Å². The Kier molecular flexibility index (Phi) is 3.36. The summed E-state index contributed by atoms with van der Waals surface area (Å²) in [6, 6.07) is 2.29. The molecular weight excluding hydrogens is 202 g/mol. The lowest BCUT2D eigenvalue weighted by Crippen LogP contribution is -2.21. The molecule has 0 aliphatic carbocycles. The molecule has 1 atom stereocenters.